The largest absolute Gasteiger partial charge is 0.394 e. The Hall–Kier alpha value is -3.38. The first-order valence-electron chi connectivity index (χ1n) is 10.2. The maximum Gasteiger partial charge on any atom is 0.229 e. The number of aliphatic hydroxyl groups excluding tert-OH is 1. The zero-order valence-electron chi connectivity index (χ0n) is 18.1. The van der Waals surface area contributed by atoms with E-state index in [-0.39, 0.29) is 12.6 Å². The molecule has 1 unspecified atom stereocenters. The Labute approximate surface area is 189 Å². The molecule has 0 bridgehead atoms. The number of aryl methyl sites for hydroxylation is 1. The molecule has 0 saturated carbocycles. The summed E-state index contributed by atoms with van der Waals surface area (Å²) in [6.07, 6.45) is 2.61. The minimum Gasteiger partial charge on any atom is -0.394 e. The van der Waals surface area contributed by atoms with Gasteiger partial charge >= 0.3 is 0 Å². The van der Waals surface area contributed by atoms with E-state index in [1.54, 1.807) is 30.5 Å². The van der Waals surface area contributed by atoms with Crippen LogP contribution in [0.2, 0.25) is 0 Å². The maximum absolute atomic E-state index is 11.8. The molecule has 0 fully saturated rings. The van der Waals surface area contributed by atoms with Gasteiger partial charge in [-0.25, -0.2) is 9.19 Å². The predicted octanol–water partition coefficient (Wildman–Crippen LogP) is 2.92. The number of rotatable bonds is 7. The Morgan fingerprint density at radius 3 is 2.44 bits per heavy atom. The highest BCUT2D eigenvalue weighted by Gasteiger charge is 2.10. The number of aromatic nitrogens is 2. The van der Waals surface area contributed by atoms with Crippen molar-refractivity contribution in [3.8, 4) is 11.8 Å². The summed E-state index contributed by atoms with van der Waals surface area (Å²) in [5, 5.41) is 21.3. The van der Waals surface area contributed by atoms with Gasteiger partial charge in [0.15, 0.2) is 0 Å². The highest BCUT2D eigenvalue weighted by Crippen LogP contribution is 2.19. The molecule has 5 N–H and O–H groups in total. The number of anilines is 3. The van der Waals surface area contributed by atoms with Crippen LogP contribution < -0.4 is 15.8 Å². The highest BCUT2D eigenvalue weighted by molar-refractivity contribution is 7.98. The molecule has 2 atom stereocenters. The number of hydrogen-bond acceptors (Lipinski definition) is 6. The van der Waals surface area contributed by atoms with Crippen LogP contribution in [0, 0.1) is 11.8 Å². The topological polar surface area (TPSA) is 113 Å². The van der Waals surface area contributed by atoms with E-state index >= 15 is 0 Å². The standard InChI is InChI=1S/C24H27N5O2S/c1-4-18-5-7-19(8-6-18)9-10-20-15-26-24(29-23(20)27-17(2)16-30)28-21-11-13-22(14-12-21)32(3,25)31/h5-8,11-15,17,30H,3-4,16H2,1-2H3,(H2,25,31)(H2,26,27,28,29)/t17-,32?/m1/s1. The van der Waals surface area contributed by atoms with Gasteiger partial charge in [0, 0.05) is 22.2 Å². The molecule has 7 nitrogen and oxygen atoms in total. The summed E-state index contributed by atoms with van der Waals surface area (Å²) in [7, 11) is -2.76. The lowest BCUT2D eigenvalue weighted by Gasteiger charge is -2.14. The van der Waals surface area contributed by atoms with Crippen molar-refractivity contribution >= 4 is 33.0 Å². The molecule has 0 aliphatic heterocycles. The predicted molar refractivity (Wildman–Crippen MR) is 131 cm³/mol. The van der Waals surface area contributed by atoms with Crippen molar-refractivity contribution in [3.63, 3.8) is 0 Å². The minimum atomic E-state index is -2.76. The molecule has 1 aromatic heterocycles. The fourth-order valence-corrected chi connectivity index (χ4v) is 3.38. The second kappa shape index (κ2) is 10.3. The lowest BCUT2D eigenvalue weighted by atomic mass is 10.1. The van der Waals surface area contributed by atoms with E-state index in [0.29, 0.717) is 27.9 Å². The second-order valence-electron chi connectivity index (χ2n) is 7.36. The molecular formula is C24H27N5O2S. The normalized spacial score (nSPS) is 13.4. The third-order valence-electron chi connectivity index (χ3n) is 4.66. The first kappa shape index (κ1) is 23.3. The Morgan fingerprint density at radius 1 is 1.16 bits per heavy atom. The van der Waals surface area contributed by atoms with Crippen molar-refractivity contribution in [2.45, 2.75) is 31.2 Å². The number of benzene rings is 2. The Bertz CT molecular complexity index is 1230. The van der Waals surface area contributed by atoms with Crippen molar-refractivity contribution in [3.05, 3.63) is 71.4 Å². The smallest absolute Gasteiger partial charge is 0.229 e. The summed E-state index contributed by atoms with van der Waals surface area (Å²) in [6, 6.07) is 14.6. The molecule has 3 rings (SSSR count). The number of aliphatic hydroxyl groups is 1. The summed E-state index contributed by atoms with van der Waals surface area (Å²) < 4.78 is 11.8. The molecular weight excluding hydrogens is 422 g/mol. The van der Waals surface area contributed by atoms with Crippen LogP contribution in [0.1, 0.15) is 30.5 Å². The van der Waals surface area contributed by atoms with Gasteiger partial charge in [-0.2, -0.15) is 4.98 Å². The summed E-state index contributed by atoms with van der Waals surface area (Å²) >= 11 is 0. The molecule has 0 saturated heterocycles. The van der Waals surface area contributed by atoms with Crippen molar-refractivity contribution in [1.82, 2.24) is 9.97 Å². The zero-order chi connectivity index (χ0) is 23.1. The fraction of sp³-hybridized carbons (Fsp3) is 0.208. The molecule has 0 spiro atoms. The first-order valence-corrected chi connectivity index (χ1v) is 11.9. The van der Waals surface area contributed by atoms with Gasteiger partial charge in [-0.1, -0.05) is 30.9 Å². The van der Waals surface area contributed by atoms with Gasteiger partial charge in [-0.15, -0.1) is 0 Å². The zero-order valence-corrected chi connectivity index (χ0v) is 18.9. The van der Waals surface area contributed by atoms with Crippen molar-refractivity contribution in [2.24, 2.45) is 5.14 Å². The van der Waals surface area contributed by atoms with E-state index in [0.717, 1.165) is 12.0 Å². The average molecular weight is 450 g/mol. The van der Waals surface area contributed by atoms with Gasteiger partial charge in [-0.3, -0.25) is 5.14 Å². The van der Waals surface area contributed by atoms with Crippen LogP contribution in [0.5, 0.6) is 0 Å². The summed E-state index contributed by atoms with van der Waals surface area (Å²) in [4.78, 5) is 9.34. The summed E-state index contributed by atoms with van der Waals surface area (Å²) in [6.45, 7) is 3.90. The monoisotopic (exact) mass is 449 g/mol. The molecule has 8 heteroatoms. The Morgan fingerprint density at radius 2 is 1.84 bits per heavy atom. The molecule has 2 aromatic carbocycles. The molecule has 3 aromatic rings. The Balaban J connectivity index is 1.86. The van der Waals surface area contributed by atoms with Crippen LogP contribution in [0.15, 0.2) is 59.6 Å². The van der Waals surface area contributed by atoms with Crippen molar-refractivity contribution < 1.29 is 9.32 Å². The molecule has 0 radical (unpaired) electrons. The van der Waals surface area contributed by atoms with Gasteiger partial charge in [0.05, 0.1) is 28.1 Å². The van der Waals surface area contributed by atoms with E-state index in [1.165, 1.54) is 5.56 Å². The van der Waals surface area contributed by atoms with E-state index < -0.39 is 9.71 Å². The lowest BCUT2D eigenvalue weighted by molar-refractivity contribution is 0.281. The van der Waals surface area contributed by atoms with Crippen LogP contribution in [0.4, 0.5) is 17.5 Å². The highest BCUT2D eigenvalue weighted by atomic mass is 32.2. The van der Waals surface area contributed by atoms with Gasteiger partial charge in [0.2, 0.25) is 5.95 Å². The van der Waals surface area contributed by atoms with E-state index in [2.05, 4.69) is 57.4 Å². The molecule has 32 heavy (non-hydrogen) atoms. The quantitative estimate of drug-likeness (QED) is 0.326. The van der Waals surface area contributed by atoms with Gasteiger partial charge < -0.3 is 15.7 Å². The Kier molecular flexibility index (Phi) is 7.49. The second-order valence-corrected chi connectivity index (χ2v) is 9.28. The molecule has 1 heterocycles. The number of nitrogens with zero attached hydrogens (tertiary/aromatic N) is 2. The number of hydrogen-bond donors (Lipinski definition) is 4. The van der Waals surface area contributed by atoms with Gasteiger partial charge in [-0.05, 0) is 61.2 Å². The first-order chi connectivity index (χ1) is 15.3. The van der Waals surface area contributed by atoms with E-state index in [4.69, 9.17) is 5.14 Å². The SMILES string of the molecule is C=S(N)(=O)c1ccc(Nc2ncc(C#Cc3ccc(CC)cc3)c(N[C@H](C)CO)n2)cc1. The molecule has 0 amide bonds. The number of nitrogens with two attached hydrogens (primary N) is 1. The molecule has 0 aliphatic carbocycles. The van der Waals surface area contributed by atoms with Crippen molar-refractivity contribution in [2.75, 3.05) is 17.2 Å². The van der Waals surface area contributed by atoms with Gasteiger partial charge in [0.1, 0.15) is 5.82 Å². The van der Waals surface area contributed by atoms with Crippen LogP contribution in [0.25, 0.3) is 0 Å². The number of nitrogens with one attached hydrogen (secondary N) is 2. The molecule has 166 valence electrons. The third kappa shape index (κ3) is 6.31. The average Bonchev–Trinajstić information content (AvgIpc) is 2.78. The van der Waals surface area contributed by atoms with Crippen LogP contribution >= 0.6 is 0 Å². The van der Waals surface area contributed by atoms with Crippen molar-refractivity contribution in [1.29, 1.82) is 0 Å². The van der Waals surface area contributed by atoms with Gasteiger partial charge in [0.25, 0.3) is 0 Å². The maximum atomic E-state index is 11.8. The van der Waals surface area contributed by atoms with E-state index in [1.807, 2.05) is 19.1 Å². The fourth-order valence-electron chi connectivity index (χ4n) is 2.78. The summed E-state index contributed by atoms with van der Waals surface area (Å²) in [5.74, 6) is 10.6. The molecule has 0 aliphatic rings. The lowest BCUT2D eigenvalue weighted by Crippen LogP contribution is -2.21. The van der Waals surface area contributed by atoms with Crippen LogP contribution in [-0.2, 0) is 16.1 Å². The van der Waals surface area contributed by atoms with Crippen LogP contribution in [-0.4, -0.2) is 37.8 Å². The van der Waals surface area contributed by atoms with E-state index in [9.17, 15) is 9.32 Å². The summed E-state index contributed by atoms with van der Waals surface area (Å²) in [5.41, 5.74) is 3.47. The third-order valence-corrected chi connectivity index (χ3v) is 5.73. The van der Waals surface area contributed by atoms with Crippen LogP contribution in [0.3, 0.4) is 0 Å². The minimum absolute atomic E-state index is 0.0526.